The maximum Gasteiger partial charge on any atom is 0.144 e. The minimum absolute atomic E-state index is 0.468. The Hall–Kier alpha value is -0.630. The Labute approximate surface area is 123 Å². The van der Waals surface area contributed by atoms with E-state index in [0.29, 0.717) is 17.7 Å². The summed E-state index contributed by atoms with van der Waals surface area (Å²) in [6.45, 7) is 2.46. The lowest BCUT2D eigenvalue weighted by Crippen LogP contribution is -2.04. The summed E-state index contributed by atoms with van der Waals surface area (Å²) in [6, 6.07) is 0. The van der Waals surface area contributed by atoms with Crippen LogP contribution < -0.4 is 0 Å². The molecule has 0 aliphatic rings. The maximum atomic E-state index is 5.21. The molecule has 1 N–H and O–H groups in total. The van der Waals surface area contributed by atoms with Crippen LogP contribution in [-0.4, -0.2) is 22.1 Å². The van der Waals surface area contributed by atoms with Crippen molar-refractivity contribution >= 4 is 39.5 Å². The van der Waals surface area contributed by atoms with Crippen LogP contribution in [0.3, 0.4) is 0 Å². The van der Waals surface area contributed by atoms with Gasteiger partial charge >= 0.3 is 0 Å². The molecule has 0 fully saturated rings. The van der Waals surface area contributed by atoms with E-state index in [-0.39, 0.29) is 0 Å². The zero-order valence-electron chi connectivity index (χ0n) is 9.99. The number of H-pyrrole nitrogens is 1. The summed E-state index contributed by atoms with van der Waals surface area (Å²) < 4.78 is 6.46. The van der Waals surface area contributed by atoms with Gasteiger partial charge in [-0.25, -0.2) is 9.97 Å². The molecule has 0 atom stereocenters. The minimum Gasteiger partial charge on any atom is -0.378 e. The van der Waals surface area contributed by atoms with Crippen LogP contribution in [-0.2, 0) is 17.8 Å². The molecule has 18 heavy (non-hydrogen) atoms. The van der Waals surface area contributed by atoms with E-state index in [9.17, 15) is 0 Å². The molecule has 0 amide bonds. The third-order valence-corrected chi connectivity index (χ3v) is 4.52. The molecule has 96 valence electrons. The third kappa shape index (κ3) is 3.23. The lowest BCUT2D eigenvalue weighted by atomic mass is 10.3. The molecular weight excluding hydrogens is 334 g/mol. The molecule has 2 heterocycles. The van der Waals surface area contributed by atoms with Crippen molar-refractivity contribution in [2.75, 3.05) is 7.11 Å². The first-order valence-electron chi connectivity index (χ1n) is 5.27. The smallest absolute Gasteiger partial charge is 0.144 e. The summed E-state index contributed by atoms with van der Waals surface area (Å²) in [6.07, 6.45) is 0.651. The van der Waals surface area contributed by atoms with Crippen molar-refractivity contribution < 1.29 is 4.74 Å². The number of thiazole rings is 1. The van der Waals surface area contributed by atoms with Crippen molar-refractivity contribution in [3.63, 3.8) is 0 Å². The zero-order chi connectivity index (χ0) is 13.1. The number of hydrogen-bond acceptors (Lipinski definition) is 5. The standard InChI is InChI=1S/C11H12BrN3OS2/c1-6-13-7(5-18-6)3-9-14-8(4-16-2)10(12)11(17)15-9/h5H,3-4H2,1-2H3,(H,14,15,17). The molecule has 0 aromatic carbocycles. The summed E-state index contributed by atoms with van der Waals surface area (Å²) in [5.41, 5.74) is 1.90. The van der Waals surface area contributed by atoms with E-state index >= 15 is 0 Å². The van der Waals surface area contributed by atoms with Gasteiger partial charge in [0.15, 0.2) is 0 Å². The number of nitrogens with one attached hydrogen (secondary N) is 1. The van der Waals surface area contributed by atoms with Crippen molar-refractivity contribution in [1.29, 1.82) is 0 Å². The number of hydrogen-bond donors (Lipinski definition) is 1. The van der Waals surface area contributed by atoms with Crippen LogP contribution in [0.25, 0.3) is 0 Å². The zero-order valence-corrected chi connectivity index (χ0v) is 13.2. The number of aryl methyl sites for hydroxylation is 1. The molecule has 0 unspecified atom stereocenters. The molecule has 2 aromatic rings. The van der Waals surface area contributed by atoms with Crippen molar-refractivity contribution in [1.82, 2.24) is 15.0 Å². The average Bonchev–Trinajstić information content (AvgIpc) is 2.71. The normalized spacial score (nSPS) is 10.8. The van der Waals surface area contributed by atoms with Gasteiger partial charge in [-0.2, -0.15) is 0 Å². The lowest BCUT2D eigenvalue weighted by molar-refractivity contribution is 0.180. The van der Waals surface area contributed by atoms with Crippen LogP contribution in [0, 0.1) is 11.6 Å². The van der Waals surface area contributed by atoms with Gasteiger partial charge < -0.3 is 9.72 Å². The molecule has 0 spiro atoms. The van der Waals surface area contributed by atoms with Gasteiger partial charge in [-0.15, -0.1) is 11.3 Å². The molecular formula is C11H12BrN3OS2. The number of ether oxygens (including phenoxy) is 1. The second kappa shape index (κ2) is 6.01. The van der Waals surface area contributed by atoms with E-state index in [1.807, 2.05) is 12.3 Å². The highest BCUT2D eigenvalue weighted by atomic mass is 79.9. The Bertz CT molecular complexity index is 609. The van der Waals surface area contributed by atoms with Crippen LogP contribution in [0.15, 0.2) is 9.85 Å². The summed E-state index contributed by atoms with van der Waals surface area (Å²) in [7, 11) is 1.65. The molecule has 0 bridgehead atoms. The average molecular weight is 346 g/mol. The molecule has 0 radical (unpaired) electrons. The number of nitrogens with zero attached hydrogens (tertiary/aromatic N) is 2. The van der Waals surface area contributed by atoms with Gasteiger partial charge in [-0.05, 0) is 22.9 Å². The topological polar surface area (TPSA) is 50.8 Å². The fourth-order valence-corrected chi connectivity index (χ4v) is 2.69. The highest BCUT2D eigenvalue weighted by molar-refractivity contribution is 9.10. The summed E-state index contributed by atoms with van der Waals surface area (Å²) in [5, 5.41) is 3.09. The van der Waals surface area contributed by atoms with E-state index in [1.165, 1.54) is 0 Å². The van der Waals surface area contributed by atoms with Gasteiger partial charge in [0.2, 0.25) is 0 Å². The molecule has 2 rings (SSSR count). The third-order valence-electron chi connectivity index (χ3n) is 2.29. The van der Waals surface area contributed by atoms with Crippen LogP contribution in [0.5, 0.6) is 0 Å². The van der Waals surface area contributed by atoms with Crippen molar-refractivity contribution in [3.05, 3.63) is 36.7 Å². The lowest BCUT2D eigenvalue weighted by Gasteiger charge is -2.06. The molecule has 0 aliphatic heterocycles. The highest BCUT2D eigenvalue weighted by Crippen LogP contribution is 2.18. The van der Waals surface area contributed by atoms with Gasteiger partial charge in [-0.1, -0.05) is 12.2 Å². The Kier molecular flexibility index (Phi) is 4.60. The fraction of sp³-hybridized carbons (Fsp3) is 0.364. The van der Waals surface area contributed by atoms with Gasteiger partial charge in [0.05, 0.1) is 27.5 Å². The van der Waals surface area contributed by atoms with E-state index < -0.39 is 0 Å². The monoisotopic (exact) mass is 345 g/mol. The molecule has 0 aliphatic carbocycles. The van der Waals surface area contributed by atoms with Gasteiger partial charge in [0.25, 0.3) is 0 Å². The predicted octanol–water partition coefficient (Wildman–Crippen LogP) is 3.40. The van der Waals surface area contributed by atoms with Crippen LogP contribution in [0.1, 0.15) is 22.2 Å². The molecule has 0 saturated carbocycles. The second-order valence-electron chi connectivity index (χ2n) is 3.75. The van der Waals surface area contributed by atoms with E-state index in [1.54, 1.807) is 18.4 Å². The first-order valence-corrected chi connectivity index (χ1v) is 7.35. The first kappa shape index (κ1) is 13.8. The maximum absolute atomic E-state index is 5.21. The van der Waals surface area contributed by atoms with Crippen LogP contribution in [0.2, 0.25) is 0 Å². The summed E-state index contributed by atoms with van der Waals surface area (Å²) >= 11 is 10.3. The molecule has 2 aromatic heterocycles. The predicted molar refractivity (Wildman–Crippen MR) is 77.5 cm³/mol. The fourth-order valence-electron chi connectivity index (χ4n) is 1.55. The van der Waals surface area contributed by atoms with Gasteiger partial charge in [-0.3, -0.25) is 0 Å². The number of aromatic nitrogens is 3. The van der Waals surface area contributed by atoms with Crippen molar-refractivity contribution in [2.24, 2.45) is 0 Å². The van der Waals surface area contributed by atoms with Crippen molar-refractivity contribution in [3.8, 4) is 0 Å². The van der Waals surface area contributed by atoms with Crippen molar-refractivity contribution in [2.45, 2.75) is 20.0 Å². The largest absolute Gasteiger partial charge is 0.378 e. The Morgan fingerprint density at radius 3 is 2.89 bits per heavy atom. The van der Waals surface area contributed by atoms with Crippen LogP contribution >= 0.6 is 39.5 Å². The number of methoxy groups -OCH3 is 1. The Morgan fingerprint density at radius 2 is 2.28 bits per heavy atom. The Balaban J connectivity index is 2.31. The highest BCUT2D eigenvalue weighted by Gasteiger charge is 2.08. The summed E-state index contributed by atoms with van der Waals surface area (Å²) in [5.74, 6) is 0.806. The van der Waals surface area contributed by atoms with Crippen LogP contribution in [0.4, 0.5) is 0 Å². The van der Waals surface area contributed by atoms with Gasteiger partial charge in [0, 0.05) is 18.9 Å². The molecule has 7 heteroatoms. The van der Waals surface area contributed by atoms with Gasteiger partial charge in [0.1, 0.15) is 10.5 Å². The SMILES string of the molecule is COCc1[nH]c(Cc2csc(C)n2)nc(=S)c1Br. The number of aromatic amines is 1. The first-order chi connectivity index (χ1) is 8.60. The van der Waals surface area contributed by atoms with E-state index in [0.717, 1.165) is 26.7 Å². The van der Waals surface area contributed by atoms with E-state index in [2.05, 4.69) is 30.9 Å². The molecule has 4 nitrogen and oxygen atoms in total. The minimum atomic E-state index is 0.468. The second-order valence-corrected chi connectivity index (χ2v) is 5.99. The summed E-state index contributed by atoms with van der Waals surface area (Å²) in [4.78, 5) is 12.0. The number of rotatable bonds is 4. The van der Waals surface area contributed by atoms with E-state index in [4.69, 9.17) is 17.0 Å². The number of halogens is 1. The quantitative estimate of drug-likeness (QED) is 0.862. The molecule has 0 saturated heterocycles. The Morgan fingerprint density at radius 1 is 1.50 bits per heavy atom.